The zero-order valence-corrected chi connectivity index (χ0v) is 14.0. The largest absolute Gasteiger partial charge is 0.384 e. The van der Waals surface area contributed by atoms with E-state index in [2.05, 4.69) is 35.1 Å². The molecule has 24 heavy (non-hydrogen) atoms. The van der Waals surface area contributed by atoms with Crippen LogP contribution in [0.25, 0.3) is 16.8 Å². The average Bonchev–Trinajstić information content (AvgIpc) is 3.09. The number of anilines is 1. The van der Waals surface area contributed by atoms with E-state index in [-0.39, 0.29) is 5.79 Å². The number of hydrogen-bond donors (Lipinski definition) is 1. The minimum atomic E-state index is -0.266. The Balaban J connectivity index is 1.45. The van der Waals surface area contributed by atoms with Gasteiger partial charge in [-0.3, -0.25) is 4.98 Å². The van der Waals surface area contributed by atoms with Crippen molar-refractivity contribution < 1.29 is 9.47 Å². The average molecular weight is 324 g/mol. The van der Waals surface area contributed by atoms with Crippen LogP contribution in [0.2, 0.25) is 0 Å². The van der Waals surface area contributed by atoms with Gasteiger partial charge >= 0.3 is 0 Å². The molecule has 1 aliphatic heterocycles. The highest BCUT2D eigenvalue weighted by Crippen LogP contribution is 2.38. The zero-order valence-electron chi connectivity index (χ0n) is 14.0. The Morgan fingerprint density at radius 3 is 2.75 bits per heavy atom. The summed E-state index contributed by atoms with van der Waals surface area (Å²) in [7, 11) is 0. The van der Waals surface area contributed by atoms with Crippen LogP contribution in [0.5, 0.6) is 0 Å². The Kier molecular flexibility index (Phi) is 4.25. The van der Waals surface area contributed by atoms with Crippen molar-refractivity contribution in [3.8, 4) is 0 Å². The molecule has 2 aliphatic rings. The van der Waals surface area contributed by atoms with E-state index >= 15 is 0 Å². The van der Waals surface area contributed by atoms with Gasteiger partial charge in [-0.15, -0.1) is 0 Å². The standard InChI is InChI=1S/C20H24N2O2/c1-2-16-13-21-14-17-4-3-5-18(19(16)17)22-12-15-6-8-20(9-7-15)23-10-11-24-20/h2-5,13-15,22H,1,6-12H2. The van der Waals surface area contributed by atoms with Crippen molar-refractivity contribution in [1.29, 1.82) is 0 Å². The molecule has 0 unspecified atom stereocenters. The molecular weight excluding hydrogens is 300 g/mol. The lowest BCUT2D eigenvalue weighted by Gasteiger charge is -2.35. The molecule has 4 nitrogen and oxygen atoms in total. The summed E-state index contributed by atoms with van der Waals surface area (Å²) in [6.45, 7) is 6.39. The third-order valence-corrected chi connectivity index (χ3v) is 5.29. The van der Waals surface area contributed by atoms with Crippen molar-refractivity contribution in [2.45, 2.75) is 31.5 Å². The Morgan fingerprint density at radius 2 is 2.00 bits per heavy atom. The first-order valence-electron chi connectivity index (χ1n) is 8.81. The molecule has 4 heteroatoms. The first-order valence-corrected chi connectivity index (χ1v) is 8.81. The van der Waals surface area contributed by atoms with Crippen molar-refractivity contribution in [2.75, 3.05) is 25.1 Å². The van der Waals surface area contributed by atoms with Crippen LogP contribution in [0, 0.1) is 5.92 Å². The molecule has 0 amide bonds. The maximum absolute atomic E-state index is 5.82. The highest BCUT2D eigenvalue weighted by molar-refractivity contribution is 5.99. The molecule has 0 bridgehead atoms. The molecular formula is C20H24N2O2. The quantitative estimate of drug-likeness (QED) is 0.914. The van der Waals surface area contributed by atoms with Gasteiger partial charge < -0.3 is 14.8 Å². The Hall–Kier alpha value is -1.91. The van der Waals surface area contributed by atoms with Gasteiger partial charge in [-0.1, -0.05) is 24.8 Å². The summed E-state index contributed by atoms with van der Waals surface area (Å²) in [5.41, 5.74) is 2.24. The van der Waals surface area contributed by atoms with Gasteiger partial charge in [0.1, 0.15) is 0 Å². The molecule has 1 saturated carbocycles. The summed E-state index contributed by atoms with van der Waals surface area (Å²) >= 11 is 0. The summed E-state index contributed by atoms with van der Waals surface area (Å²) in [4.78, 5) is 4.29. The lowest BCUT2D eigenvalue weighted by Crippen LogP contribution is -2.36. The van der Waals surface area contributed by atoms with Crippen molar-refractivity contribution >= 4 is 22.5 Å². The minimum absolute atomic E-state index is 0.266. The van der Waals surface area contributed by atoms with Gasteiger partial charge in [-0.05, 0) is 24.8 Å². The summed E-state index contributed by atoms with van der Waals surface area (Å²) in [5.74, 6) is 0.394. The maximum atomic E-state index is 5.82. The van der Waals surface area contributed by atoms with Gasteiger partial charge in [0, 0.05) is 53.8 Å². The summed E-state index contributed by atoms with van der Waals surface area (Å²) in [6, 6.07) is 6.32. The number of nitrogens with zero attached hydrogens (tertiary/aromatic N) is 1. The molecule has 2 fully saturated rings. The molecule has 1 N–H and O–H groups in total. The van der Waals surface area contributed by atoms with Crippen LogP contribution in [0.15, 0.2) is 37.2 Å². The number of hydrogen-bond acceptors (Lipinski definition) is 4. The molecule has 2 heterocycles. The van der Waals surface area contributed by atoms with Gasteiger partial charge in [0.15, 0.2) is 5.79 Å². The number of benzene rings is 1. The monoisotopic (exact) mass is 324 g/mol. The number of ether oxygens (including phenoxy) is 2. The number of aromatic nitrogens is 1. The van der Waals surface area contributed by atoms with Gasteiger partial charge in [-0.2, -0.15) is 0 Å². The highest BCUT2D eigenvalue weighted by Gasteiger charge is 2.40. The second kappa shape index (κ2) is 6.54. The molecule has 4 rings (SSSR count). The van der Waals surface area contributed by atoms with Crippen LogP contribution < -0.4 is 5.32 Å². The summed E-state index contributed by atoms with van der Waals surface area (Å²) in [6.07, 6.45) is 9.97. The van der Waals surface area contributed by atoms with Gasteiger partial charge in [0.2, 0.25) is 0 Å². The molecule has 1 aromatic carbocycles. The predicted molar refractivity (Wildman–Crippen MR) is 96.9 cm³/mol. The normalized spacial score (nSPS) is 20.5. The lowest BCUT2D eigenvalue weighted by atomic mass is 9.85. The smallest absolute Gasteiger partial charge is 0.168 e. The van der Waals surface area contributed by atoms with Gasteiger partial charge in [0.05, 0.1) is 13.2 Å². The number of fused-ring (bicyclic) bond motifs is 1. The second-order valence-electron chi connectivity index (χ2n) is 6.77. The number of nitrogens with one attached hydrogen (secondary N) is 1. The Labute approximate surface area is 142 Å². The third kappa shape index (κ3) is 2.92. The fourth-order valence-corrected chi connectivity index (χ4v) is 3.93. The van der Waals surface area contributed by atoms with Crippen LogP contribution in [0.1, 0.15) is 31.2 Å². The predicted octanol–water partition coefficient (Wildman–Crippen LogP) is 4.22. The number of rotatable bonds is 4. The van der Waals surface area contributed by atoms with E-state index < -0.39 is 0 Å². The topological polar surface area (TPSA) is 43.4 Å². The lowest BCUT2D eigenvalue weighted by molar-refractivity contribution is -0.181. The first-order chi connectivity index (χ1) is 11.8. The van der Waals surface area contributed by atoms with Crippen LogP contribution in [-0.2, 0) is 9.47 Å². The van der Waals surface area contributed by atoms with E-state index in [4.69, 9.17) is 9.47 Å². The molecule has 126 valence electrons. The Bertz CT molecular complexity index is 722. The van der Waals surface area contributed by atoms with Gasteiger partial charge in [0.25, 0.3) is 0 Å². The first kappa shape index (κ1) is 15.6. The maximum Gasteiger partial charge on any atom is 0.168 e. The van der Waals surface area contributed by atoms with E-state index in [1.165, 1.54) is 11.1 Å². The van der Waals surface area contributed by atoms with Gasteiger partial charge in [-0.25, -0.2) is 0 Å². The molecule has 1 spiro atoms. The van der Waals surface area contributed by atoms with Crippen molar-refractivity contribution in [3.05, 3.63) is 42.7 Å². The molecule has 0 atom stereocenters. The van der Waals surface area contributed by atoms with Crippen molar-refractivity contribution in [2.24, 2.45) is 5.92 Å². The molecule has 2 aromatic rings. The third-order valence-electron chi connectivity index (χ3n) is 5.29. The highest BCUT2D eigenvalue weighted by atomic mass is 16.7. The van der Waals surface area contributed by atoms with Crippen LogP contribution >= 0.6 is 0 Å². The van der Waals surface area contributed by atoms with E-state index in [1.54, 1.807) is 0 Å². The van der Waals surface area contributed by atoms with E-state index in [1.807, 2.05) is 18.5 Å². The van der Waals surface area contributed by atoms with Crippen LogP contribution in [0.4, 0.5) is 5.69 Å². The summed E-state index contributed by atoms with van der Waals surface area (Å²) < 4.78 is 11.6. The Morgan fingerprint density at radius 1 is 1.21 bits per heavy atom. The van der Waals surface area contributed by atoms with E-state index in [9.17, 15) is 0 Å². The number of pyridine rings is 1. The molecule has 1 aromatic heterocycles. The minimum Gasteiger partial charge on any atom is -0.384 e. The fourth-order valence-electron chi connectivity index (χ4n) is 3.93. The second-order valence-corrected chi connectivity index (χ2v) is 6.77. The van der Waals surface area contributed by atoms with E-state index in [0.29, 0.717) is 5.92 Å². The molecule has 1 saturated heterocycles. The SMILES string of the molecule is C=Cc1cncc2cccc(NCC3CCC4(CC3)OCCO4)c12. The van der Waals surface area contributed by atoms with E-state index in [0.717, 1.165) is 56.4 Å². The van der Waals surface area contributed by atoms with Crippen molar-refractivity contribution in [3.63, 3.8) is 0 Å². The molecule has 1 aliphatic carbocycles. The van der Waals surface area contributed by atoms with Crippen LogP contribution in [-0.4, -0.2) is 30.5 Å². The van der Waals surface area contributed by atoms with Crippen molar-refractivity contribution in [1.82, 2.24) is 4.98 Å². The molecule has 0 radical (unpaired) electrons. The van der Waals surface area contributed by atoms with Crippen LogP contribution in [0.3, 0.4) is 0 Å². The zero-order chi connectivity index (χ0) is 16.4. The fraction of sp³-hybridized carbons (Fsp3) is 0.450. The summed E-state index contributed by atoms with van der Waals surface area (Å²) in [5, 5.41) is 6.01.